The summed E-state index contributed by atoms with van der Waals surface area (Å²) in [5.41, 5.74) is 0.0346. The summed E-state index contributed by atoms with van der Waals surface area (Å²) in [6.07, 6.45) is 0. The van der Waals surface area contributed by atoms with Crippen molar-refractivity contribution in [3.63, 3.8) is 0 Å². The van der Waals surface area contributed by atoms with Crippen LogP contribution in [0, 0.1) is 15.9 Å². The third kappa shape index (κ3) is 4.56. The molecule has 0 saturated heterocycles. The number of benzene rings is 2. The molecular formula is C16H16FN3O5. The van der Waals surface area contributed by atoms with E-state index in [-0.39, 0.29) is 12.2 Å². The third-order valence-electron chi connectivity index (χ3n) is 3.28. The second-order valence-electron chi connectivity index (χ2n) is 4.89. The van der Waals surface area contributed by atoms with Crippen molar-refractivity contribution in [3.05, 3.63) is 52.3 Å². The number of carbonyl (C=O) groups is 1. The summed E-state index contributed by atoms with van der Waals surface area (Å²) >= 11 is 0. The van der Waals surface area contributed by atoms with Crippen molar-refractivity contribution >= 4 is 23.0 Å². The molecule has 0 fully saturated rings. The number of ether oxygens (including phenoxy) is 2. The van der Waals surface area contributed by atoms with Crippen molar-refractivity contribution in [1.29, 1.82) is 0 Å². The molecule has 0 aliphatic heterocycles. The molecule has 9 heteroatoms. The molecule has 0 unspecified atom stereocenters. The van der Waals surface area contributed by atoms with E-state index < -0.39 is 22.3 Å². The number of methoxy groups -OCH3 is 2. The quantitative estimate of drug-likeness (QED) is 0.588. The second-order valence-corrected chi connectivity index (χ2v) is 4.89. The number of rotatable bonds is 7. The van der Waals surface area contributed by atoms with E-state index in [0.717, 1.165) is 12.1 Å². The predicted octanol–water partition coefficient (Wildman–Crippen LogP) is 2.80. The fourth-order valence-electron chi connectivity index (χ4n) is 2.04. The minimum Gasteiger partial charge on any atom is -0.497 e. The molecule has 0 radical (unpaired) electrons. The molecule has 0 aliphatic rings. The van der Waals surface area contributed by atoms with Gasteiger partial charge in [-0.3, -0.25) is 14.9 Å². The standard InChI is InChI=1S/C16H16FN3O5/c1-24-11-4-6-13(15(8-11)25-2)19-16(21)9-18-10-3-5-12(17)14(7-10)20(22)23/h3-8,18H,9H2,1-2H3,(H,19,21). The minimum absolute atomic E-state index is 0.169. The molecule has 2 rings (SSSR count). The van der Waals surface area contributed by atoms with Gasteiger partial charge in [-0.2, -0.15) is 4.39 Å². The number of amides is 1. The normalized spacial score (nSPS) is 10.0. The Morgan fingerprint density at radius 1 is 1.20 bits per heavy atom. The van der Waals surface area contributed by atoms with Gasteiger partial charge in [-0.15, -0.1) is 0 Å². The molecule has 2 aromatic carbocycles. The van der Waals surface area contributed by atoms with Crippen molar-refractivity contribution in [2.24, 2.45) is 0 Å². The highest BCUT2D eigenvalue weighted by atomic mass is 19.1. The van der Waals surface area contributed by atoms with Crippen LogP contribution in [0.3, 0.4) is 0 Å². The molecule has 132 valence electrons. The van der Waals surface area contributed by atoms with E-state index in [1.165, 1.54) is 20.3 Å². The zero-order chi connectivity index (χ0) is 18.4. The summed E-state index contributed by atoms with van der Waals surface area (Å²) in [4.78, 5) is 21.9. The Kier molecular flexibility index (Phi) is 5.72. The molecule has 1 amide bonds. The molecule has 2 aromatic rings. The average Bonchev–Trinajstić information content (AvgIpc) is 2.61. The number of halogens is 1. The van der Waals surface area contributed by atoms with Crippen LogP contribution in [0.25, 0.3) is 0 Å². The van der Waals surface area contributed by atoms with Gasteiger partial charge in [-0.25, -0.2) is 0 Å². The molecule has 0 bridgehead atoms. The summed E-state index contributed by atoms with van der Waals surface area (Å²) in [5.74, 6) is -0.352. The zero-order valence-corrected chi connectivity index (χ0v) is 13.5. The summed E-state index contributed by atoms with van der Waals surface area (Å²) in [6.45, 7) is -0.169. The largest absolute Gasteiger partial charge is 0.497 e. The summed E-state index contributed by atoms with van der Waals surface area (Å²) < 4.78 is 23.5. The highest BCUT2D eigenvalue weighted by Crippen LogP contribution is 2.29. The molecule has 8 nitrogen and oxygen atoms in total. The van der Waals surface area contributed by atoms with Crippen LogP contribution >= 0.6 is 0 Å². The lowest BCUT2D eigenvalue weighted by Crippen LogP contribution is -2.22. The van der Waals surface area contributed by atoms with Crippen LogP contribution in [0.1, 0.15) is 0 Å². The van der Waals surface area contributed by atoms with Gasteiger partial charge < -0.3 is 20.1 Å². The Morgan fingerprint density at radius 2 is 1.96 bits per heavy atom. The predicted molar refractivity (Wildman–Crippen MR) is 89.7 cm³/mol. The van der Waals surface area contributed by atoms with Crippen LogP contribution in [0.4, 0.5) is 21.5 Å². The first-order chi connectivity index (χ1) is 11.9. The van der Waals surface area contributed by atoms with Gasteiger partial charge in [-0.1, -0.05) is 0 Å². The topological polar surface area (TPSA) is 103 Å². The Balaban J connectivity index is 2.02. The van der Waals surface area contributed by atoms with Crippen LogP contribution in [-0.2, 0) is 4.79 Å². The molecule has 0 aliphatic carbocycles. The van der Waals surface area contributed by atoms with Crippen LogP contribution in [0.5, 0.6) is 11.5 Å². The fourth-order valence-corrected chi connectivity index (χ4v) is 2.04. The zero-order valence-electron chi connectivity index (χ0n) is 13.5. The Bertz CT molecular complexity index is 797. The van der Waals surface area contributed by atoms with Crippen LogP contribution in [0.2, 0.25) is 0 Å². The number of carbonyl (C=O) groups excluding carboxylic acids is 1. The molecule has 25 heavy (non-hydrogen) atoms. The molecule has 0 saturated carbocycles. The lowest BCUT2D eigenvalue weighted by atomic mass is 10.2. The number of nitro benzene ring substituents is 1. The van der Waals surface area contributed by atoms with Gasteiger partial charge in [0.1, 0.15) is 11.5 Å². The molecule has 0 atom stereocenters. The van der Waals surface area contributed by atoms with Gasteiger partial charge in [-0.05, 0) is 24.3 Å². The number of hydrogen-bond donors (Lipinski definition) is 2. The van der Waals surface area contributed by atoms with Crippen LogP contribution in [0.15, 0.2) is 36.4 Å². The van der Waals surface area contributed by atoms with Crippen LogP contribution in [-0.4, -0.2) is 31.6 Å². The van der Waals surface area contributed by atoms with Crippen molar-refractivity contribution < 1.29 is 23.6 Å². The van der Waals surface area contributed by atoms with Gasteiger partial charge in [0.05, 0.1) is 31.4 Å². The van der Waals surface area contributed by atoms with Crippen molar-refractivity contribution in [2.45, 2.75) is 0 Å². The van der Waals surface area contributed by atoms with Crippen LogP contribution < -0.4 is 20.1 Å². The van der Waals surface area contributed by atoms with Crippen molar-refractivity contribution in [2.75, 3.05) is 31.4 Å². The van der Waals surface area contributed by atoms with Crippen molar-refractivity contribution in [1.82, 2.24) is 0 Å². The number of anilines is 2. The number of hydrogen-bond acceptors (Lipinski definition) is 6. The van der Waals surface area contributed by atoms with E-state index >= 15 is 0 Å². The van der Waals surface area contributed by atoms with Gasteiger partial charge in [0, 0.05) is 17.8 Å². The van der Waals surface area contributed by atoms with Gasteiger partial charge >= 0.3 is 5.69 Å². The van der Waals surface area contributed by atoms with Gasteiger partial charge in [0.25, 0.3) is 0 Å². The SMILES string of the molecule is COc1ccc(NC(=O)CNc2ccc(F)c([N+](=O)[O-])c2)c(OC)c1. The number of nitrogens with zero attached hydrogens (tertiary/aromatic N) is 1. The maximum absolute atomic E-state index is 13.3. The highest BCUT2D eigenvalue weighted by molar-refractivity contribution is 5.95. The van der Waals surface area contributed by atoms with E-state index in [0.29, 0.717) is 17.2 Å². The molecule has 0 heterocycles. The molecule has 2 N–H and O–H groups in total. The van der Waals surface area contributed by atoms with Gasteiger partial charge in [0.15, 0.2) is 0 Å². The maximum atomic E-state index is 13.3. The second kappa shape index (κ2) is 7.95. The summed E-state index contributed by atoms with van der Waals surface area (Å²) in [5, 5.41) is 16.1. The smallest absolute Gasteiger partial charge is 0.306 e. The molecule has 0 aromatic heterocycles. The maximum Gasteiger partial charge on any atom is 0.306 e. The minimum atomic E-state index is -0.942. The Morgan fingerprint density at radius 3 is 2.60 bits per heavy atom. The number of nitrogens with one attached hydrogen (secondary N) is 2. The first kappa shape index (κ1) is 18.0. The summed E-state index contributed by atoms with van der Waals surface area (Å²) in [6, 6.07) is 8.20. The monoisotopic (exact) mass is 349 g/mol. The average molecular weight is 349 g/mol. The van der Waals surface area contributed by atoms with E-state index in [1.54, 1.807) is 18.2 Å². The first-order valence-electron chi connectivity index (χ1n) is 7.14. The first-order valence-corrected chi connectivity index (χ1v) is 7.14. The number of nitro groups is 1. The van der Waals surface area contributed by atoms with E-state index in [9.17, 15) is 19.3 Å². The lowest BCUT2D eigenvalue weighted by Gasteiger charge is -2.12. The molecule has 0 spiro atoms. The summed E-state index contributed by atoms with van der Waals surface area (Å²) in [7, 11) is 2.97. The third-order valence-corrected chi connectivity index (χ3v) is 3.28. The van der Waals surface area contributed by atoms with Crippen molar-refractivity contribution in [3.8, 4) is 11.5 Å². The van der Waals surface area contributed by atoms with E-state index in [4.69, 9.17) is 9.47 Å². The van der Waals surface area contributed by atoms with E-state index in [2.05, 4.69) is 10.6 Å². The van der Waals surface area contributed by atoms with Gasteiger partial charge in [0.2, 0.25) is 11.7 Å². The Labute approximate surface area is 142 Å². The fraction of sp³-hybridized carbons (Fsp3) is 0.188. The molecular weight excluding hydrogens is 333 g/mol. The van der Waals surface area contributed by atoms with E-state index in [1.807, 2.05) is 0 Å². The Hall–Kier alpha value is -3.36. The lowest BCUT2D eigenvalue weighted by molar-refractivity contribution is -0.387. The highest BCUT2D eigenvalue weighted by Gasteiger charge is 2.15.